The number of fused-ring (bicyclic) bond motifs is 2. The van der Waals surface area contributed by atoms with E-state index in [1.807, 2.05) is 31.9 Å². The summed E-state index contributed by atoms with van der Waals surface area (Å²) in [6.07, 6.45) is 0. The number of hydrogen-bond donors (Lipinski definition) is 1. The number of aromatic nitrogens is 2. The van der Waals surface area contributed by atoms with Crippen LogP contribution in [0.4, 0.5) is 22.9 Å². The van der Waals surface area contributed by atoms with E-state index in [4.69, 9.17) is 0 Å². The van der Waals surface area contributed by atoms with Crippen LogP contribution >= 0.6 is 15.9 Å². The summed E-state index contributed by atoms with van der Waals surface area (Å²) in [4.78, 5) is 26.5. The molecule has 2 aromatic rings. The van der Waals surface area contributed by atoms with Gasteiger partial charge in [0.2, 0.25) is 0 Å². The van der Waals surface area contributed by atoms with Gasteiger partial charge in [-0.15, -0.1) is 0 Å². The summed E-state index contributed by atoms with van der Waals surface area (Å²) in [7, 11) is 5.01. The molecular weight excluding hydrogens is 348 g/mol. The third-order valence-corrected chi connectivity index (χ3v) is 5.26. The van der Waals surface area contributed by atoms with Gasteiger partial charge in [-0.2, -0.15) is 0 Å². The SMILES string of the molecule is Cc1cc2c(c(Br)c1C)N(C)c1c(c(=O)n(C)c(=O)n1C)N2. The molecule has 0 atom stereocenters. The summed E-state index contributed by atoms with van der Waals surface area (Å²) in [5, 5.41) is 3.19. The minimum absolute atomic E-state index is 0.329. The van der Waals surface area contributed by atoms with Crippen LogP contribution in [-0.4, -0.2) is 16.2 Å². The largest absolute Gasteiger partial charge is 0.346 e. The zero-order valence-electron chi connectivity index (χ0n) is 13.1. The van der Waals surface area contributed by atoms with Gasteiger partial charge in [0.1, 0.15) is 11.5 Å². The average molecular weight is 365 g/mol. The summed E-state index contributed by atoms with van der Waals surface area (Å²) in [6, 6.07) is 2.01. The third-order valence-electron chi connectivity index (χ3n) is 4.29. The van der Waals surface area contributed by atoms with E-state index in [0.717, 1.165) is 31.5 Å². The van der Waals surface area contributed by atoms with Crippen molar-refractivity contribution < 1.29 is 0 Å². The number of rotatable bonds is 0. The maximum absolute atomic E-state index is 12.4. The van der Waals surface area contributed by atoms with Crippen LogP contribution in [0.25, 0.3) is 0 Å². The van der Waals surface area contributed by atoms with Crippen molar-refractivity contribution in [3.63, 3.8) is 0 Å². The lowest BCUT2D eigenvalue weighted by molar-refractivity contribution is 0.685. The molecule has 1 aliphatic rings. The number of hydrogen-bond acceptors (Lipinski definition) is 4. The summed E-state index contributed by atoms with van der Waals surface area (Å²) in [6.45, 7) is 4.06. The smallest absolute Gasteiger partial charge is 0.332 e. The highest BCUT2D eigenvalue weighted by molar-refractivity contribution is 9.10. The molecule has 0 spiro atoms. The van der Waals surface area contributed by atoms with E-state index in [2.05, 4.69) is 21.2 Å². The molecular formula is C15H17BrN4O2. The van der Waals surface area contributed by atoms with Gasteiger partial charge in [-0.05, 0) is 47.0 Å². The van der Waals surface area contributed by atoms with E-state index >= 15 is 0 Å². The molecule has 1 aromatic heterocycles. The van der Waals surface area contributed by atoms with Crippen LogP contribution in [0.5, 0.6) is 0 Å². The van der Waals surface area contributed by atoms with Gasteiger partial charge in [0.05, 0.1) is 11.4 Å². The second-order valence-electron chi connectivity index (χ2n) is 5.62. The van der Waals surface area contributed by atoms with Crippen LogP contribution in [0.2, 0.25) is 0 Å². The molecule has 0 saturated carbocycles. The Morgan fingerprint density at radius 1 is 1.09 bits per heavy atom. The Balaban J connectivity index is 2.41. The third kappa shape index (κ3) is 1.78. The number of nitrogens with zero attached hydrogens (tertiary/aromatic N) is 3. The van der Waals surface area contributed by atoms with Crippen molar-refractivity contribution in [3.8, 4) is 0 Å². The number of benzene rings is 1. The van der Waals surface area contributed by atoms with Crippen LogP contribution in [0, 0.1) is 13.8 Å². The van der Waals surface area contributed by atoms with Crippen molar-refractivity contribution in [2.24, 2.45) is 14.1 Å². The highest BCUT2D eigenvalue weighted by Crippen LogP contribution is 2.46. The highest BCUT2D eigenvalue weighted by atomic mass is 79.9. The van der Waals surface area contributed by atoms with Crippen LogP contribution in [0.15, 0.2) is 20.1 Å². The Morgan fingerprint density at radius 3 is 2.36 bits per heavy atom. The van der Waals surface area contributed by atoms with Crippen LogP contribution in [0.3, 0.4) is 0 Å². The molecule has 1 aromatic carbocycles. The van der Waals surface area contributed by atoms with Gasteiger partial charge in [0.25, 0.3) is 5.56 Å². The van der Waals surface area contributed by atoms with E-state index in [0.29, 0.717) is 11.5 Å². The van der Waals surface area contributed by atoms with E-state index < -0.39 is 0 Å². The normalized spacial score (nSPS) is 12.7. The molecule has 3 rings (SSSR count). The quantitative estimate of drug-likeness (QED) is 0.778. The van der Waals surface area contributed by atoms with E-state index in [1.165, 1.54) is 11.6 Å². The Kier molecular flexibility index (Phi) is 3.21. The van der Waals surface area contributed by atoms with E-state index in [9.17, 15) is 9.59 Å². The maximum atomic E-state index is 12.4. The van der Waals surface area contributed by atoms with Gasteiger partial charge in [0.15, 0.2) is 0 Å². The van der Waals surface area contributed by atoms with Crippen molar-refractivity contribution in [3.05, 3.63) is 42.5 Å². The first-order chi connectivity index (χ1) is 10.3. The number of halogens is 1. The first-order valence-corrected chi connectivity index (χ1v) is 7.65. The Bertz CT molecular complexity index is 927. The molecule has 1 aliphatic heterocycles. The number of nitrogens with one attached hydrogen (secondary N) is 1. The van der Waals surface area contributed by atoms with Gasteiger partial charge in [-0.3, -0.25) is 13.9 Å². The van der Waals surface area contributed by atoms with E-state index in [1.54, 1.807) is 7.05 Å². The minimum Gasteiger partial charge on any atom is -0.346 e. The fraction of sp³-hybridized carbons (Fsp3) is 0.333. The van der Waals surface area contributed by atoms with Gasteiger partial charge in [-0.1, -0.05) is 0 Å². The summed E-state index contributed by atoms with van der Waals surface area (Å²) >= 11 is 3.63. The first kappa shape index (κ1) is 14.9. The summed E-state index contributed by atoms with van der Waals surface area (Å²) in [5.74, 6) is 0.560. The Morgan fingerprint density at radius 2 is 1.73 bits per heavy atom. The maximum Gasteiger partial charge on any atom is 0.332 e. The van der Waals surface area contributed by atoms with Gasteiger partial charge in [0, 0.05) is 25.6 Å². The monoisotopic (exact) mass is 364 g/mol. The van der Waals surface area contributed by atoms with Crippen LogP contribution in [-0.2, 0) is 14.1 Å². The molecule has 116 valence electrons. The van der Waals surface area contributed by atoms with Gasteiger partial charge >= 0.3 is 5.69 Å². The minimum atomic E-state index is -0.346. The summed E-state index contributed by atoms with van der Waals surface area (Å²) < 4.78 is 3.55. The van der Waals surface area contributed by atoms with Crippen molar-refractivity contribution in [2.75, 3.05) is 17.3 Å². The second-order valence-corrected chi connectivity index (χ2v) is 6.41. The Hall–Kier alpha value is -2.02. The Labute approximate surface area is 136 Å². The lowest BCUT2D eigenvalue weighted by Gasteiger charge is -2.33. The first-order valence-electron chi connectivity index (χ1n) is 6.86. The standard InChI is InChI=1S/C15H17BrN4O2/c1-7-6-9-12(10(16)8(7)2)18(3)13-11(17-9)14(21)20(5)15(22)19(13)4/h6,17H,1-5H3. The fourth-order valence-corrected chi connectivity index (χ4v) is 3.65. The van der Waals surface area contributed by atoms with Crippen molar-refractivity contribution >= 4 is 38.8 Å². The number of aryl methyl sites for hydroxylation is 1. The summed E-state index contributed by atoms with van der Waals surface area (Å²) in [5.41, 5.74) is 3.75. The van der Waals surface area contributed by atoms with Crippen molar-refractivity contribution in [1.29, 1.82) is 0 Å². The van der Waals surface area contributed by atoms with Crippen LogP contribution in [0.1, 0.15) is 11.1 Å². The molecule has 1 N–H and O–H groups in total. The molecule has 0 fully saturated rings. The second kappa shape index (κ2) is 4.74. The van der Waals surface area contributed by atoms with Gasteiger partial charge in [-0.25, -0.2) is 4.79 Å². The molecule has 6 nitrogen and oxygen atoms in total. The molecule has 0 amide bonds. The van der Waals surface area contributed by atoms with E-state index in [-0.39, 0.29) is 11.2 Å². The topological polar surface area (TPSA) is 59.3 Å². The zero-order valence-corrected chi connectivity index (χ0v) is 14.7. The molecule has 0 saturated heterocycles. The molecule has 0 radical (unpaired) electrons. The lowest BCUT2D eigenvalue weighted by Crippen LogP contribution is -2.41. The molecule has 2 heterocycles. The average Bonchev–Trinajstić information content (AvgIpc) is 2.48. The molecule has 0 unspecified atom stereocenters. The molecule has 0 aliphatic carbocycles. The lowest BCUT2D eigenvalue weighted by atomic mass is 10.1. The highest BCUT2D eigenvalue weighted by Gasteiger charge is 2.29. The molecule has 0 bridgehead atoms. The predicted octanol–water partition coefficient (Wildman–Crippen LogP) is 2.29. The predicted molar refractivity (Wildman–Crippen MR) is 91.9 cm³/mol. The fourth-order valence-electron chi connectivity index (χ4n) is 2.86. The van der Waals surface area contributed by atoms with Crippen LogP contribution < -0.4 is 21.5 Å². The van der Waals surface area contributed by atoms with Crippen molar-refractivity contribution in [1.82, 2.24) is 9.13 Å². The zero-order chi connectivity index (χ0) is 16.3. The van der Waals surface area contributed by atoms with Gasteiger partial charge < -0.3 is 10.2 Å². The van der Waals surface area contributed by atoms with Crippen molar-refractivity contribution in [2.45, 2.75) is 13.8 Å². The molecule has 7 heteroatoms. The number of anilines is 4. The molecule has 22 heavy (non-hydrogen) atoms.